The third-order valence-corrected chi connectivity index (χ3v) is 7.43. The molecule has 0 aliphatic rings. The first-order valence-corrected chi connectivity index (χ1v) is 16.1. The Kier molecular flexibility index (Phi) is 17.4. The second-order valence-electron chi connectivity index (χ2n) is 11.6. The summed E-state index contributed by atoms with van der Waals surface area (Å²) in [5.41, 5.74) is 28.5. The molecule has 0 unspecified atom stereocenters. The van der Waals surface area contributed by atoms with E-state index in [9.17, 15) is 33.9 Å². The Morgan fingerprint density at radius 1 is 0.780 bits per heavy atom. The molecule has 0 saturated heterocycles. The van der Waals surface area contributed by atoms with E-state index in [0.29, 0.717) is 30.6 Å². The van der Waals surface area contributed by atoms with E-state index in [1.807, 2.05) is 0 Å². The number of primary amides is 1. The number of nitrogens with one attached hydrogen (secondary N) is 5. The zero-order valence-corrected chi connectivity index (χ0v) is 27.7. The summed E-state index contributed by atoms with van der Waals surface area (Å²) in [6, 6.07) is 2.38. The van der Waals surface area contributed by atoms with Crippen molar-refractivity contribution in [1.82, 2.24) is 31.2 Å². The molecule has 19 nitrogen and oxygen atoms in total. The number of aromatic amines is 1. The summed E-state index contributed by atoms with van der Waals surface area (Å²) in [5, 5.41) is 20.1. The standard InChI is InChI=1S/C31H48N12O7/c32-11-5-4-9-21(40-26(45)20(33)15-25(34)44)27(46)41-22(10-6-12-38-31(35)36)28(47)42-23(13-18-7-2-1-3-8-18)29(48)43-24(30(49)50)14-19-16-37-17-39-19/h1-3,7-8,16-17,20-24H,4-6,9-15,32-33H2,(H2,34,44)(H,37,39)(H,40,45)(H,41,46)(H,42,47)(H,43,48)(H,49,50)(H4,35,36,38)/t20-,21-,22-,23-,24-/m0/s1. The van der Waals surface area contributed by atoms with Crippen LogP contribution in [-0.4, -0.2) is 99.8 Å². The maximum absolute atomic E-state index is 13.8. The van der Waals surface area contributed by atoms with Crippen LogP contribution in [0.1, 0.15) is 49.8 Å². The van der Waals surface area contributed by atoms with Gasteiger partial charge in [-0.25, -0.2) is 9.78 Å². The van der Waals surface area contributed by atoms with Crippen LogP contribution in [0.4, 0.5) is 0 Å². The minimum atomic E-state index is -1.35. The smallest absolute Gasteiger partial charge is 0.326 e. The van der Waals surface area contributed by atoms with Crippen molar-refractivity contribution in [3.8, 4) is 0 Å². The van der Waals surface area contributed by atoms with E-state index >= 15 is 0 Å². The SMILES string of the molecule is NCCCC[C@H](NC(=O)[C@@H](N)CC(N)=O)C(=O)N[C@@H](CCCN=C(N)N)C(=O)N[C@@H](Cc1ccccc1)C(=O)N[C@@H](Cc1cnc[nH]1)C(=O)O. The quantitative estimate of drug-likeness (QED) is 0.0307. The number of aliphatic imine (C=N–C) groups is 1. The van der Waals surface area contributed by atoms with Crippen molar-refractivity contribution < 1.29 is 33.9 Å². The van der Waals surface area contributed by atoms with Gasteiger partial charge in [0.2, 0.25) is 29.5 Å². The van der Waals surface area contributed by atoms with Crippen molar-refractivity contribution in [1.29, 1.82) is 0 Å². The van der Waals surface area contributed by atoms with Crippen LogP contribution in [0.15, 0.2) is 47.8 Å². The van der Waals surface area contributed by atoms with Crippen LogP contribution in [0.25, 0.3) is 0 Å². The van der Waals surface area contributed by atoms with Crippen LogP contribution < -0.4 is 49.9 Å². The number of amides is 5. The third kappa shape index (κ3) is 15.1. The lowest BCUT2D eigenvalue weighted by atomic mass is 10.0. The van der Waals surface area contributed by atoms with Crippen LogP contribution in [0, 0.1) is 0 Å². The predicted molar refractivity (Wildman–Crippen MR) is 182 cm³/mol. The Labute approximate surface area is 289 Å². The molecule has 0 aliphatic carbocycles. The van der Waals surface area contributed by atoms with Crippen LogP contribution in [0.2, 0.25) is 0 Å². The average molecular weight is 701 g/mol. The number of unbranched alkanes of at least 4 members (excludes halogenated alkanes) is 1. The van der Waals surface area contributed by atoms with Gasteiger partial charge in [-0.3, -0.25) is 29.0 Å². The third-order valence-electron chi connectivity index (χ3n) is 7.43. The van der Waals surface area contributed by atoms with E-state index in [-0.39, 0.29) is 44.6 Å². The first kappa shape index (κ1) is 40.6. The Hall–Kier alpha value is -5.56. The van der Waals surface area contributed by atoms with Crippen molar-refractivity contribution in [3.05, 3.63) is 54.1 Å². The summed E-state index contributed by atoms with van der Waals surface area (Å²) in [4.78, 5) is 87.5. The number of benzene rings is 1. The Morgan fingerprint density at radius 3 is 1.92 bits per heavy atom. The molecule has 19 heteroatoms. The fourth-order valence-corrected chi connectivity index (χ4v) is 4.81. The number of guanidine groups is 1. The molecule has 0 bridgehead atoms. The number of rotatable bonds is 23. The lowest BCUT2D eigenvalue weighted by Gasteiger charge is -2.26. The van der Waals surface area contributed by atoms with Crippen molar-refractivity contribution in [2.45, 2.75) is 81.6 Å². The number of carbonyl (C=O) groups is 6. The number of aliphatic carboxylic acids is 1. The van der Waals surface area contributed by atoms with E-state index in [1.165, 1.54) is 12.5 Å². The van der Waals surface area contributed by atoms with Gasteiger partial charge in [-0.1, -0.05) is 30.3 Å². The van der Waals surface area contributed by atoms with E-state index in [4.69, 9.17) is 28.7 Å². The fourth-order valence-electron chi connectivity index (χ4n) is 4.81. The number of carbonyl (C=O) groups excluding carboxylic acids is 5. The fraction of sp³-hybridized carbons (Fsp3) is 0.484. The molecule has 2 aromatic rings. The van der Waals surface area contributed by atoms with Gasteiger partial charge in [0.25, 0.3) is 0 Å². The second kappa shape index (κ2) is 21.4. The number of nitrogens with two attached hydrogens (primary N) is 5. The van der Waals surface area contributed by atoms with Crippen molar-refractivity contribution in [2.75, 3.05) is 13.1 Å². The number of aromatic nitrogens is 2. The summed E-state index contributed by atoms with van der Waals surface area (Å²) in [7, 11) is 0. The highest BCUT2D eigenvalue weighted by Crippen LogP contribution is 2.09. The molecule has 1 aromatic carbocycles. The van der Waals surface area contributed by atoms with E-state index in [1.54, 1.807) is 30.3 Å². The minimum absolute atomic E-state index is 0.0102. The highest BCUT2D eigenvalue weighted by atomic mass is 16.4. The van der Waals surface area contributed by atoms with E-state index < -0.39 is 72.1 Å². The Balaban J connectivity index is 2.34. The summed E-state index contributed by atoms with van der Waals surface area (Å²) in [5.74, 6) is -5.37. The lowest BCUT2D eigenvalue weighted by Crippen LogP contribution is -2.59. The van der Waals surface area contributed by atoms with Gasteiger partial charge >= 0.3 is 5.97 Å². The molecule has 5 atom stereocenters. The molecule has 2 rings (SSSR count). The molecule has 0 aliphatic heterocycles. The minimum Gasteiger partial charge on any atom is -0.480 e. The van der Waals surface area contributed by atoms with Crippen LogP contribution in [0.5, 0.6) is 0 Å². The van der Waals surface area contributed by atoms with Gasteiger partial charge in [0.15, 0.2) is 5.96 Å². The van der Waals surface area contributed by atoms with Gasteiger partial charge in [-0.05, 0) is 44.2 Å². The molecule has 16 N–H and O–H groups in total. The van der Waals surface area contributed by atoms with Gasteiger partial charge in [0, 0.05) is 31.3 Å². The van der Waals surface area contributed by atoms with Gasteiger partial charge in [0.1, 0.15) is 24.2 Å². The zero-order valence-electron chi connectivity index (χ0n) is 27.7. The van der Waals surface area contributed by atoms with Crippen molar-refractivity contribution in [2.24, 2.45) is 33.7 Å². The topological polar surface area (TPSA) is 342 Å². The molecule has 1 aromatic heterocycles. The average Bonchev–Trinajstić information content (AvgIpc) is 3.58. The van der Waals surface area contributed by atoms with Gasteiger partial charge < -0.3 is 60.0 Å². The number of imidazole rings is 1. The van der Waals surface area contributed by atoms with Gasteiger partial charge in [-0.2, -0.15) is 0 Å². The summed E-state index contributed by atoms with van der Waals surface area (Å²) < 4.78 is 0. The maximum Gasteiger partial charge on any atom is 0.326 e. The van der Waals surface area contributed by atoms with E-state index in [2.05, 4.69) is 36.2 Å². The molecule has 5 amide bonds. The normalized spacial score (nSPS) is 13.8. The van der Waals surface area contributed by atoms with Gasteiger partial charge in [-0.15, -0.1) is 0 Å². The summed E-state index contributed by atoms with van der Waals surface area (Å²) in [6.45, 7) is 0.442. The highest BCUT2D eigenvalue weighted by Gasteiger charge is 2.32. The number of hydrogen-bond donors (Lipinski definition) is 11. The Morgan fingerprint density at radius 2 is 1.36 bits per heavy atom. The van der Waals surface area contributed by atoms with Crippen LogP contribution in [0.3, 0.4) is 0 Å². The molecular weight excluding hydrogens is 652 g/mol. The monoisotopic (exact) mass is 700 g/mol. The largest absolute Gasteiger partial charge is 0.480 e. The van der Waals surface area contributed by atoms with Gasteiger partial charge in [0.05, 0.1) is 18.8 Å². The number of carboxylic acids is 1. The maximum atomic E-state index is 13.8. The van der Waals surface area contributed by atoms with Crippen molar-refractivity contribution >= 4 is 41.5 Å². The molecule has 50 heavy (non-hydrogen) atoms. The first-order chi connectivity index (χ1) is 23.8. The first-order valence-electron chi connectivity index (χ1n) is 16.1. The van der Waals surface area contributed by atoms with Crippen LogP contribution in [-0.2, 0) is 41.6 Å². The molecule has 274 valence electrons. The molecule has 0 radical (unpaired) electrons. The second-order valence-corrected chi connectivity index (χ2v) is 11.6. The number of carboxylic acid groups (broad SMARTS) is 1. The summed E-state index contributed by atoms with van der Waals surface area (Å²) >= 11 is 0. The van der Waals surface area contributed by atoms with Crippen molar-refractivity contribution in [3.63, 3.8) is 0 Å². The zero-order chi connectivity index (χ0) is 37.1. The Bertz CT molecular complexity index is 1430. The number of hydrogen-bond acceptors (Lipinski definition) is 10. The molecule has 0 saturated carbocycles. The molecule has 1 heterocycles. The number of nitrogens with zero attached hydrogens (tertiary/aromatic N) is 2. The predicted octanol–water partition coefficient (Wildman–Crippen LogP) is -3.40. The van der Waals surface area contributed by atoms with E-state index in [0.717, 1.165) is 0 Å². The molecule has 0 spiro atoms. The number of H-pyrrole nitrogens is 1. The summed E-state index contributed by atoms with van der Waals surface area (Å²) in [6.07, 6.45) is 3.57. The molecular formula is C31H48N12O7. The molecule has 0 fully saturated rings. The highest BCUT2D eigenvalue weighted by molar-refractivity contribution is 5.96. The lowest BCUT2D eigenvalue weighted by molar-refractivity contribution is -0.142. The van der Waals surface area contributed by atoms with Crippen LogP contribution >= 0.6 is 0 Å².